The number of hydrogen-bond acceptors (Lipinski definition) is 7. The number of carbonyl (C=O) groups excluding carboxylic acids is 2. The molecule has 0 radical (unpaired) electrons. The van der Waals surface area contributed by atoms with E-state index in [1.54, 1.807) is 17.0 Å². The van der Waals surface area contributed by atoms with Crippen LogP contribution < -0.4 is 16.4 Å². The van der Waals surface area contributed by atoms with E-state index in [2.05, 4.69) is 25.8 Å². The summed E-state index contributed by atoms with van der Waals surface area (Å²) in [5.41, 5.74) is 6.59. The number of nitrogens with two attached hydrogens (primary N) is 1. The van der Waals surface area contributed by atoms with Gasteiger partial charge in [0.05, 0.1) is 35.6 Å². The molecule has 0 bridgehead atoms. The molecule has 0 aliphatic carbocycles. The Morgan fingerprint density at radius 3 is 2.65 bits per heavy atom. The molecule has 1 unspecified atom stereocenters. The first-order valence-electron chi connectivity index (χ1n) is 11.2. The maximum absolute atomic E-state index is 14.4. The minimum atomic E-state index is -4.75. The number of rotatable bonds is 5. The summed E-state index contributed by atoms with van der Waals surface area (Å²) >= 11 is 0. The van der Waals surface area contributed by atoms with Gasteiger partial charge in [-0.25, -0.2) is 9.38 Å². The van der Waals surface area contributed by atoms with Crippen molar-refractivity contribution in [3.8, 4) is 0 Å². The van der Waals surface area contributed by atoms with Crippen molar-refractivity contribution < 1.29 is 27.2 Å². The summed E-state index contributed by atoms with van der Waals surface area (Å²) in [5, 5.41) is 12.9. The molecule has 0 saturated carbocycles. The van der Waals surface area contributed by atoms with Crippen LogP contribution in [0.3, 0.4) is 0 Å². The van der Waals surface area contributed by atoms with Gasteiger partial charge in [-0.3, -0.25) is 20.0 Å². The normalized spacial score (nSPS) is 16.6. The van der Waals surface area contributed by atoms with E-state index in [-0.39, 0.29) is 17.9 Å². The monoisotopic (exact) mass is 515 g/mol. The van der Waals surface area contributed by atoms with Gasteiger partial charge in [0.2, 0.25) is 5.96 Å². The number of nitrogens with one attached hydrogen (secondary N) is 3. The number of primary amides is 1. The number of aromatic amines is 1. The lowest BCUT2D eigenvalue weighted by molar-refractivity contribution is -0.138. The van der Waals surface area contributed by atoms with E-state index in [0.717, 1.165) is 23.9 Å². The minimum Gasteiger partial charge on any atom is -0.366 e. The van der Waals surface area contributed by atoms with Gasteiger partial charge in [0.15, 0.2) is 5.78 Å². The lowest BCUT2D eigenvalue weighted by atomic mass is 10.0. The molecule has 2 aliphatic rings. The van der Waals surface area contributed by atoms with E-state index in [0.29, 0.717) is 35.0 Å². The molecule has 0 fully saturated rings. The predicted molar refractivity (Wildman–Crippen MR) is 125 cm³/mol. The van der Waals surface area contributed by atoms with Gasteiger partial charge < -0.3 is 16.0 Å². The van der Waals surface area contributed by atoms with E-state index in [9.17, 15) is 27.2 Å². The van der Waals surface area contributed by atoms with Crippen LogP contribution >= 0.6 is 0 Å². The number of ketones is 1. The van der Waals surface area contributed by atoms with Crippen LogP contribution in [-0.2, 0) is 25.8 Å². The van der Waals surface area contributed by atoms with Gasteiger partial charge in [-0.1, -0.05) is 18.2 Å². The fraction of sp³-hybridized carbons (Fsp3) is 0.250. The number of halogens is 4. The van der Waals surface area contributed by atoms with Gasteiger partial charge in [-0.15, -0.1) is 0 Å². The Labute approximate surface area is 207 Å². The average molecular weight is 515 g/mol. The summed E-state index contributed by atoms with van der Waals surface area (Å²) < 4.78 is 55.0. The molecule has 2 aromatic carbocycles. The highest BCUT2D eigenvalue weighted by molar-refractivity contribution is 6.06. The molecule has 5 N–H and O–H groups in total. The van der Waals surface area contributed by atoms with E-state index in [4.69, 9.17) is 5.73 Å². The highest BCUT2D eigenvalue weighted by Crippen LogP contribution is 2.36. The Kier molecular flexibility index (Phi) is 5.94. The van der Waals surface area contributed by atoms with Crippen LogP contribution in [0.4, 0.5) is 23.2 Å². The van der Waals surface area contributed by atoms with Crippen LogP contribution in [0.5, 0.6) is 0 Å². The van der Waals surface area contributed by atoms with Crippen molar-refractivity contribution in [1.82, 2.24) is 20.4 Å². The van der Waals surface area contributed by atoms with Crippen LogP contribution in [0.1, 0.15) is 61.9 Å². The minimum absolute atomic E-state index is 0.155. The fourth-order valence-corrected chi connectivity index (χ4v) is 4.58. The number of anilines is 1. The molecule has 1 aromatic heterocycles. The topological polar surface area (TPSA) is 128 Å². The van der Waals surface area contributed by atoms with Gasteiger partial charge in [0.25, 0.3) is 5.91 Å². The van der Waals surface area contributed by atoms with Crippen LogP contribution in [-0.4, -0.2) is 32.7 Å². The van der Waals surface area contributed by atoms with Gasteiger partial charge in [-0.05, 0) is 18.2 Å². The molecule has 5 rings (SSSR count). The second-order valence-electron chi connectivity index (χ2n) is 8.70. The van der Waals surface area contributed by atoms with Crippen molar-refractivity contribution in [2.75, 3.05) is 5.32 Å². The van der Waals surface area contributed by atoms with Crippen molar-refractivity contribution >= 4 is 23.3 Å². The lowest BCUT2D eigenvalue weighted by Crippen LogP contribution is -2.39. The van der Waals surface area contributed by atoms with Crippen molar-refractivity contribution in [3.05, 3.63) is 81.4 Å². The molecule has 1 atom stereocenters. The summed E-state index contributed by atoms with van der Waals surface area (Å²) in [6.07, 6.45) is -5.68. The zero-order chi connectivity index (χ0) is 26.5. The number of guanidine groups is 1. The van der Waals surface area contributed by atoms with Crippen LogP contribution in [0.15, 0.2) is 41.4 Å². The Morgan fingerprint density at radius 1 is 1.19 bits per heavy atom. The first kappa shape index (κ1) is 24.4. The van der Waals surface area contributed by atoms with Gasteiger partial charge in [0.1, 0.15) is 17.7 Å². The van der Waals surface area contributed by atoms with Gasteiger partial charge >= 0.3 is 6.18 Å². The number of aliphatic imine (C=N–C) groups is 1. The highest BCUT2D eigenvalue weighted by atomic mass is 19.4. The number of fused-ring (bicyclic) bond motifs is 2. The first-order chi connectivity index (χ1) is 17.5. The quantitative estimate of drug-likeness (QED) is 0.304. The number of hydrogen-bond donors (Lipinski definition) is 4. The van der Waals surface area contributed by atoms with Crippen LogP contribution in [0, 0.1) is 5.82 Å². The average Bonchev–Trinajstić information content (AvgIpc) is 3.42. The molecule has 3 aromatic rings. The second kappa shape index (κ2) is 9.00. The molecule has 0 spiro atoms. The number of amides is 1. The third-order valence-electron chi connectivity index (χ3n) is 6.33. The second-order valence-corrected chi connectivity index (χ2v) is 8.70. The van der Waals surface area contributed by atoms with Crippen molar-refractivity contribution in [2.45, 2.75) is 38.9 Å². The zero-order valence-electron chi connectivity index (χ0n) is 19.4. The molecule has 2 aliphatic heterocycles. The Morgan fingerprint density at radius 2 is 1.95 bits per heavy atom. The molecule has 0 saturated heterocycles. The molecule has 13 heteroatoms. The smallest absolute Gasteiger partial charge is 0.366 e. The Balaban J connectivity index is 1.50. The third kappa shape index (κ3) is 4.42. The SMILES string of the molecule is CC(=O)c1n[nH]c2c1CN(C1=NC(NCc3c(F)cccc3C(F)(F)F)c3cccc(C(N)=O)c3N1)C2. The first-order valence-corrected chi connectivity index (χ1v) is 11.2. The summed E-state index contributed by atoms with van der Waals surface area (Å²) in [4.78, 5) is 30.4. The summed E-state index contributed by atoms with van der Waals surface area (Å²) in [7, 11) is 0. The van der Waals surface area contributed by atoms with E-state index < -0.39 is 41.7 Å². The number of H-pyrrole nitrogens is 1. The van der Waals surface area contributed by atoms with Crippen molar-refractivity contribution in [1.29, 1.82) is 0 Å². The number of para-hydroxylation sites is 1. The number of nitrogens with zero attached hydrogens (tertiary/aromatic N) is 3. The molecule has 9 nitrogen and oxygen atoms in total. The van der Waals surface area contributed by atoms with Crippen molar-refractivity contribution in [3.63, 3.8) is 0 Å². The fourth-order valence-electron chi connectivity index (χ4n) is 4.58. The Hall–Kier alpha value is -4.26. The molecular weight excluding hydrogens is 494 g/mol. The zero-order valence-corrected chi connectivity index (χ0v) is 19.4. The summed E-state index contributed by atoms with van der Waals surface area (Å²) in [5.74, 6) is -1.63. The number of benzene rings is 2. The maximum atomic E-state index is 14.4. The number of carbonyl (C=O) groups is 2. The largest absolute Gasteiger partial charge is 0.416 e. The van der Waals surface area contributed by atoms with Gasteiger partial charge in [-0.2, -0.15) is 18.3 Å². The highest BCUT2D eigenvalue weighted by Gasteiger charge is 2.36. The molecular formula is C24H21F4N7O2. The van der Waals surface area contributed by atoms with Crippen LogP contribution in [0.2, 0.25) is 0 Å². The Bertz CT molecular complexity index is 1450. The molecule has 1 amide bonds. The van der Waals surface area contributed by atoms with Crippen molar-refractivity contribution in [2.24, 2.45) is 10.7 Å². The van der Waals surface area contributed by atoms with E-state index >= 15 is 0 Å². The molecule has 37 heavy (non-hydrogen) atoms. The maximum Gasteiger partial charge on any atom is 0.416 e. The summed E-state index contributed by atoms with van der Waals surface area (Å²) in [6.45, 7) is 1.51. The van der Waals surface area contributed by atoms with E-state index in [1.165, 1.54) is 13.0 Å². The third-order valence-corrected chi connectivity index (χ3v) is 6.33. The standard InChI is InChI=1S/C24H21F4N7O2/c1-11(36)19-15-9-35(10-18(15)33-34-19)23-31-20-12(21(29)37)4-2-5-13(20)22(32-23)30-8-14-16(24(26,27)28)6-3-7-17(14)25/h2-7,22,30H,8-10H2,1H3,(H2,29,37)(H,31,32)(H,33,34). The van der Waals surface area contributed by atoms with Crippen LogP contribution in [0.25, 0.3) is 0 Å². The number of alkyl halides is 3. The molecule has 192 valence electrons. The molecule has 3 heterocycles. The van der Waals surface area contributed by atoms with Gasteiger partial charge in [0, 0.05) is 30.2 Å². The lowest BCUT2D eigenvalue weighted by Gasteiger charge is -2.31. The predicted octanol–water partition coefficient (Wildman–Crippen LogP) is 3.45. The van der Waals surface area contributed by atoms with E-state index in [1.807, 2.05) is 0 Å². The number of Topliss-reactive ketones (excluding diaryl/α,β-unsaturated/α-hetero) is 1. The summed E-state index contributed by atoms with van der Waals surface area (Å²) in [6, 6.07) is 7.50. The number of aromatic nitrogens is 2.